The molecule has 0 radical (unpaired) electrons. The standard InChI is InChI=1S/C31H43NO12/c1-3-41-22(35)8-7-17-13-18-19(20-14-32-28(38)30(20)9-4-5-10-30)16-42-25(18)26(40-2)24(17)44-29-31(39,11-6-12-33)27(37)23(36)21(15-34)43-29/h13,16,20-21,23,27,29,33-34,36-37,39H,3-12,14-15H2,1-2H3,(H,32,38)/t20-,21+,23+,27-,29+,31+/m0/s1. The van der Waals surface area contributed by atoms with Crippen molar-refractivity contribution in [2.24, 2.45) is 5.41 Å². The average molecular weight is 622 g/mol. The number of aliphatic hydroxyl groups excluding tert-OH is 4. The van der Waals surface area contributed by atoms with Gasteiger partial charge in [0.25, 0.3) is 0 Å². The van der Waals surface area contributed by atoms with E-state index in [1.54, 1.807) is 19.3 Å². The Kier molecular flexibility index (Phi) is 9.73. The van der Waals surface area contributed by atoms with Crippen LogP contribution in [-0.2, 0) is 25.5 Å². The van der Waals surface area contributed by atoms with Crippen LogP contribution in [0.3, 0.4) is 0 Å². The Hall–Kier alpha value is -2.94. The highest BCUT2D eigenvalue weighted by Crippen LogP contribution is 2.54. The molecule has 0 bridgehead atoms. The summed E-state index contributed by atoms with van der Waals surface area (Å²) < 4.78 is 29.1. The molecule has 6 N–H and O–H groups in total. The van der Waals surface area contributed by atoms with Gasteiger partial charge in [-0.3, -0.25) is 9.59 Å². The van der Waals surface area contributed by atoms with Crippen molar-refractivity contribution < 1.29 is 58.5 Å². The van der Waals surface area contributed by atoms with Gasteiger partial charge in [-0.1, -0.05) is 12.8 Å². The second-order valence-electron chi connectivity index (χ2n) is 12.0. The number of carbonyl (C=O) groups excluding carboxylic acids is 2. The van der Waals surface area contributed by atoms with E-state index in [0.29, 0.717) is 23.1 Å². The van der Waals surface area contributed by atoms with Gasteiger partial charge in [0.05, 0.1) is 32.0 Å². The Balaban J connectivity index is 1.61. The van der Waals surface area contributed by atoms with Crippen LogP contribution in [0.15, 0.2) is 16.7 Å². The average Bonchev–Trinajstić information content (AvgIpc) is 3.75. The van der Waals surface area contributed by atoms with Gasteiger partial charge < -0.3 is 54.2 Å². The fourth-order valence-electron chi connectivity index (χ4n) is 7.16. The molecule has 244 valence electrons. The Bertz CT molecular complexity index is 1340. The topological polar surface area (TPSA) is 197 Å². The van der Waals surface area contributed by atoms with Crippen molar-refractivity contribution >= 4 is 22.8 Å². The number of benzene rings is 1. The van der Waals surface area contributed by atoms with Gasteiger partial charge in [-0.05, 0) is 50.7 Å². The number of aliphatic hydroxyl groups is 5. The highest BCUT2D eigenvalue weighted by Gasteiger charge is 2.56. The fraction of sp³-hybridized carbons (Fsp3) is 0.677. The fourth-order valence-corrected chi connectivity index (χ4v) is 7.16. The van der Waals surface area contributed by atoms with Gasteiger partial charge in [-0.25, -0.2) is 0 Å². The minimum Gasteiger partial charge on any atom is -0.490 e. The normalized spacial score (nSPS) is 29.7. The molecule has 0 unspecified atom stereocenters. The first-order valence-electron chi connectivity index (χ1n) is 15.3. The third-order valence-electron chi connectivity index (χ3n) is 9.51. The largest absolute Gasteiger partial charge is 0.490 e. The molecule has 13 nitrogen and oxygen atoms in total. The van der Waals surface area contributed by atoms with Gasteiger partial charge in [0.1, 0.15) is 18.3 Å². The van der Waals surface area contributed by atoms with Crippen molar-refractivity contribution in [1.29, 1.82) is 0 Å². The third-order valence-corrected chi connectivity index (χ3v) is 9.51. The number of rotatable bonds is 12. The van der Waals surface area contributed by atoms with E-state index < -0.39 is 48.2 Å². The van der Waals surface area contributed by atoms with E-state index in [1.165, 1.54) is 7.11 Å². The van der Waals surface area contributed by atoms with Crippen LogP contribution in [0.25, 0.3) is 11.0 Å². The number of ether oxygens (including phenoxy) is 4. The highest BCUT2D eigenvalue weighted by molar-refractivity contribution is 5.93. The third kappa shape index (κ3) is 5.54. The molecule has 1 saturated carbocycles. The number of hydrogen-bond donors (Lipinski definition) is 6. The molecule has 3 fully saturated rings. The van der Waals surface area contributed by atoms with Crippen molar-refractivity contribution in [1.82, 2.24) is 5.32 Å². The summed E-state index contributed by atoms with van der Waals surface area (Å²) in [7, 11) is 1.41. The molecule has 6 atom stereocenters. The molecule has 2 aliphatic heterocycles. The van der Waals surface area contributed by atoms with Crippen molar-refractivity contribution in [3.05, 3.63) is 23.5 Å². The van der Waals surface area contributed by atoms with E-state index in [0.717, 1.165) is 31.2 Å². The molecule has 44 heavy (non-hydrogen) atoms. The smallest absolute Gasteiger partial charge is 0.306 e. The number of furan rings is 1. The number of hydrogen-bond acceptors (Lipinski definition) is 12. The molecule has 1 spiro atoms. The van der Waals surface area contributed by atoms with Crippen LogP contribution in [-0.4, -0.2) is 101 Å². The molecule has 13 heteroatoms. The summed E-state index contributed by atoms with van der Waals surface area (Å²) in [5, 5.41) is 56.0. The summed E-state index contributed by atoms with van der Waals surface area (Å²) >= 11 is 0. The number of aryl methyl sites for hydroxylation is 1. The zero-order valence-corrected chi connectivity index (χ0v) is 25.1. The van der Waals surface area contributed by atoms with E-state index in [-0.39, 0.29) is 62.2 Å². The first-order valence-corrected chi connectivity index (χ1v) is 15.3. The van der Waals surface area contributed by atoms with E-state index in [1.807, 2.05) is 0 Å². The first kappa shape index (κ1) is 32.5. The molecule has 3 aliphatic rings. The van der Waals surface area contributed by atoms with Crippen molar-refractivity contribution in [3.8, 4) is 11.5 Å². The number of carbonyl (C=O) groups is 2. The lowest BCUT2D eigenvalue weighted by Gasteiger charge is -2.47. The maximum Gasteiger partial charge on any atom is 0.306 e. The summed E-state index contributed by atoms with van der Waals surface area (Å²) in [5.74, 6) is -0.332. The summed E-state index contributed by atoms with van der Waals surface area (Å²) in [4.78, 5) is 25.4. The summed E-state index contributed by atoms with van der Waals surface area (Å²) in [6.45, 7) is 1.40. The predicted molar refractivity (Wildman–Crippen MR) is 154 cm³/mol. The molecule has 3 heterocycles. The van der Waals surface area contributed by atoms with Crippen LogP contribution in [0.4, 0.5) is 0 Å². The van der Waals surface area contributed by atoms with Crippen LogP contribution in [0.1, 0.15) is 68.9 Å². The Morgan fingerprint density at radius 3 is 2.59 bits per heavy atom. The first-order chi connectivity index (χ1) is 21.1. The monoisotopic (exact) mass is 621 g/mol. The molecule has 1 aromatic heterocycles. The van der Waals surface area contributed by atoms with Crippen molar-refractivity contribution in [2.45, 2.75) is 94.4 Å². The number of esters is 1. The molecule has 2 saturated heterocycles. The molecule has 1 aliphatic carbocycles. The van der Waals surface area contributed by atoms with Crippen LogP contribution in [0.5, 0.6) is 11.5 Å². The Labute approximate surface area is 255 Å². The van der Waals surface area contributed by atoms with Gasteiger partial charge in [-0.2, -0.15) is 0 Å². The minimum absolute atomic E-state index is 0.0135. The number of methoxy groups -OCH3 is 1. The highest BCUT2D eigenvalue weighted by atomic mass is 16.7. The van der Waals surface area contributed by atoms with Gasteiger partial charge >= 0.3 is 5.97 Å². The van der Waals surface area contributed by atoms with Gasteiger partial charge in [0, 0.05) is 36.4 Å². The molecule has 5 rings (SSSR count). The molecule has 1 amide bonds. The predicted octanol–water partition coefficient (Wildman–Crippen LogP) is 1.03. The van der Waals surface area contributed by atoms with E-state index in [4.69, 9.17) is 23.4 Å². The van der Waals surface area contributed by atoms with E-state index >= 15 is 0 Å². The number of amides is 1. The van der Waals surface area contributed by atoms with Crippen LogP contribution >= 0.6 is 0 Å². The summed E-state index contributed by atoms with van der Waals surface area (Å²) in [6.07, 6.45) is -1.27. The zero-order valence-electron chi connectivity index (χ0n) is 25.1. The van der Waals surface area contributed by atoms with E-state index in [2.05, 4.69) is 5.32 Å². The van der Waals surface area contributed by atoms with Crippen LogP contribution < -0.4 is 14.8 Å². The summed E-state index contributed by atoms with van der Waals surface area (Å²) in [6, 6.07) is 1.81. The minimum atomic E-state index is -2.19. The van der Waals surface area contributed by atoms with Crippen molar-refractivity contribution in [3.63, 3.8) is 0 Å². The Morgan fingerprint density at radius 2 is 1.93 bits per heavy atom. The SMILES string of the molecule is CCOC(=O)CCc1cc2c([C@@H]3CNC(=O)C34CCCC4)coc2c(OC)c1O[C@H]1O[C@H](CO)[C@@H](O)[C@H](O)[C@]1(O)CCCO. The van der Waals surface area contributed by atoms with Gasteiger partial charge in [0.2, 0.25) is 17.9 Å². The van der Waals surface area contributed by atoms with E-state index in [9.17, 15) is 35.1 Å². The summed E-state index contributed by atoms with van der Waals surface area (Å²) in [5.41, 5.74) is -1.09. The Morgan fingerprint density at radius 1 is 1.18 bits per heavy atom. The van der Waals surface area contributed by atoms with Crippen LogP contribution in [0.2, 0.25) is 0 Å². The quantitative estimate of drug-likeness (QED) is 0.184. The second kappa shape index (κ2) is 13.2. The number of nitrogens with one attached hydrogen (secondary N) is 1. The zero-order chi connectivity index (χ0) is 31.6. The lowest BCUT2D eigenvalue weighted by Crippen LogP contribution is -2.68. The molecule has 2 aromatic rings. The second-order valence-corrected chi connectivity index (χ2v) is 12.0. The maximum absolute atomic E-state index is 13.0. The van der Waals surface area contributed by atoms with Gasteiger partial charge in [0.15, 0.2) is 16.9 Å². The lowest BCUT2D eigenvalue weighted by molar-refractivity contribution is -0.322. The lowest BCUT2D eigenvalue weighted by atomic mass is 9.72. The molecule has 1 aromatic carbocycles. The number of fused-ring (bicyclic) bond motifs is 1. The van der Waals surface area contributed by atoms with Gasteiger partial charge in [-0.15, -0.1) is 0 Å². The van der Waals surface area contributed by atoms with Crippen molar-refractivity contribution in [2.75, 3.05) is 33.5 Å². The maximum atomic E-state index is 13.0. The molecular weight excluding hydrogens is 578 g/mol. The molecular formula is C31H43NO12. The van der Waals surface area contributed by atoms with Crippen LogP contribution in [0, 0.1) is 5.41 Å².